The number of nitrogens with zero attached hydrogens (tertiary/aromatic N) is 2. The van der Waals surface area contributed by atoms with Crippen molar-refractivity contribution in [2.45, 2.75) is 40.8 Å². The molecule has 0 aliphatic rings. The Morgan fingerprint density at radius 2 is 1.91 bits per heavy atom. The zero-order valence-electron chi connectivity index (χ0n) is 14.1. The Morgan fingerprint density at radius 3 is 2.50 bits per heavy atom. The van der Waals surface area contributed by atoms with Crippen LogP contribution in [0, 0.1) is 19.8 Å². The lowest BCUT2D eigenvalue weighted by Crippen LogP contribution is -2.30. The minimum Gasteiger partial charge on any atom is -0.315 e. The van der Waals surface area contributed by atoms with E-state index in [2.05, 4.69) is 56.3 Å². The molecule has 0 amide bonds. The van der Waals surface area contributed by atoms with Crippen molar-refractivity contribution >= 4 is 0 Å². The lowest BCUT2D eigenvalue weighted by atomic mass is 10.0. The summed E-state index contributed by atoms with van der Waals surface area (Å²) in [5.41, 5.74) is 5.15. The quantitative estimate of drug-likeness (QED) is 0.923. The number of nitrogens with one attached hydrogen (secondary N) is 1. The summed E-state index contributed by atoms with van der Waals surface area (Å²) >= 11 is 0. The molecular weight excluding hydrogens is 274 g/mol. The second kappa shape index (κ2) is 6.88. The summed E-state index contributed by atoms with van der Waals surface area (Å²) in [7, 11) is 1.85. The highest BCUT2D eigenvalue weighted by atomic mass is 16.1. The van der Waals surface area contributed by atoms with E-state index in [9.17, 15) is 4.79 Å². The van der Waals surface area contributed by atoms with Gasteiger partial charge < -0.3 is 5.32 Å². The summed E-state index contributed by atoms with van der Waals surface area (Å²) in [4.78, 5) is 12.5. The molecule has 0 unspecified atom stereocenters. The predicted octanol–water partition coefficient (Wildman–Crippen LogP) is 2.90. The summed E-state index contributed by atoms with van der Waals surface area (Å²) < 4.78 is 1.60. The highest BCUT2D eigenvalue weighted by Gasteiger charge is 2.11. The maximum absolute atomic E-state index is 12.5. The summed E-state index contributed by atoms with van der Waals surface area (Å²) in [6, 6.07) is 8.20. The first-order valence-corrected chi connectivity index (χ1v) is 7.75. The van der Waals surface area contributed by atoms with Crippen LogP contribution in [-0.4, -0.2) is 16.8 Å². The number of benzene rings is 1. The fourth-order valence-electron chi connectivity index (χ4n) is 2.43. The van der Waals surface area contributed by atoms with Crippen LogP contribution < -0.4 is 10.9 Å². The molecule has 118 valence electrons. The Labute approximate surface area is 132 Å². The van der Waals surface area contributed by atoms with Crippen molar-refractivity contribution in [3.05, 3.63) is 51.3 Å². The molecule has 2 aromatic rings. The van der Waals surface area contributed by atoms with E-state index in [1.165, 1.54) is 11.1 Å². The first kappa shape index (κ1) is 16.4. The van der Waals surface area contributed by atoms with Gasteiger partial charge in [0.15, 0.2) is 0 Å². The van der Waals surface area contributed by atoms with Crippen LogP contribution in [-0.2, 0) is 13.1 Å². The minimum atomic E-state index is -0.00404. The first-order chi connectivity index (χ1) is 10.4. The molecule has 0 spiro atoms. The van der Waals surface area contributed by atoms with Gasteiger partial charge in [0.05, 0.1) is 5.69 Å². The van der Waals surface area contributed by atoms with Gasteiger partial charge in [0.2, 0.25) is 0 Å². The van der Waals surface area contributed by atoms with Gasteiger partial charge in [-0.25, -0.2) is 4.68 Å². The van der Waals surface area contributed by atoms with Gasteiger partial charge in [-0.05, 0) is 50.1 Å². The van der Waals surface area contributed by atoms with Crippen molar-refractivity contribution in [3.8, 4) is 11.3 Å². The molecule has 0 atom stereocenters. The lowest BCUT2D eigenvalue weighted by molar-refractivity contribution is 0.461. The van der Waals surface area contributed by atoms with Crippen molar-refractivity contribution in [2.75, 3.05) is 7.05 Å². The van der Waals surface area contributed by atoms with E-state index in [1.807, 2.05) is 13.1 Å². The average molecular weight is 299 g/mol. The first-order valence-electron chi connectivity index (χ1n) is 7.75. The Balaban J connectivity index is 2.56. The molecule has 2 rings (SSSR count). The topological polar surface area (TPSA) is 46.9 Å². The number of aryl methyl sites for hydroxylation is 2. The van der Waals surface area contributed by atoms with E-state index < -0.39 is 0 Å². The maximum Gasteiger partial charge on any atom is 0.271 e. The van der Waals surface area contributed by atoms with Crippen LogP contribution in [0.5, 0.6) is 0 Å². The molecule has 0 aliphatic carbocycles. The summed E-state index contributed by atoms with van der Waals surface area (Å²) in [6.07, 6.45) is 0. The van der Waals surface area contributed by atoms with Gasteiger partial charge in [-0.1, -0.05) is 26.0 Å². The molecule has 1 N–H and O–H groups in total. The fourth-order valence-corrected chi connectivity index (χ4v) is 2.43. The summed E-state index contributed by atoms with van der Waals surface area (Å²) in [5, 5.41) is 7.64. The Morgan fingerprint density at radius 1 is 1.18 bits per heavy atom. The van der Waals surface area contributed by atoms with E-state index >= 15 is 0 Å². The fraction of sp³-hybridized carbons (Fsp3) is 0.444. The van der Waals surface area contributed by atoms with Crippen molar-refractivity contribution in [1.29, 1.82) is 0 Å². The average Bonchev–Trinajstić information content (AvgIpc) is 2.45. The van der Waals surface area contributed by atoms with Gasteiger partial charge in [-0.2, -0.15) is 5.10 Å². The van der Waals surface area contributed by atoms with Gasteiger partial charge in [0.25, 0.3) is 5.56 Å². The van der Waals surface area contributed by atoms with Crippen LogP contribution in [0.4, 0.5) is 0 Å². The molecule has 1 heterocycles. The van der Waals surface area contributed by atoms with E-state index in [-0.39, 0.29) is 5.56 Å². The molecule has 0 radical (unpaired) electrons. The zero-order chi connectivity index (χ0) is 16.3. The standard InChI is InChI=1S/C18H25N3O/c1-12(2)11-21-18(22)16(10-19-5)9-17(20-21)15-7-6-13(3)14(4)8-15/h6-9,12,19H,10-11H2,1-5H3. The van der Waals surface area contributed by atoms with E-state index in [4.69, 9.17) is 0 Å². The number of rotatable bonds is 5. The second-order valence-electron chi connectivity index (χ2n) is 6.27. The Hall–Kier alpha value is -1.94. The van der Waals surface area contributed by atoms with E-state index in [0.29, 0.717) is 19.0 Å². The van der Waals surface area contributed by atoms with Gasteiger partial charge >= 0.3 is 0 Å². The van der Waals surface area contributed by atoms with Crippen LogP contribution in [0.2, 0.25) is 0 Å². The molecule has 1 aromatic heterocycles. The SMILES string of the molecule is CNCc1cc(-c2ccc(C)c(C)c2)nn(CC(C)C)c1=O. The third-order valence-corrected chi connectivity index (χ3v) is 3.76. The van der Waals surface area contributed by atoms with Crippen molar-refractivity contribution in [1.82, 2.24) is 15.1 Å². The van der Waals surface area contributed by atoms with Gasteiger partial charge in [0.1, 0.15) is 0 Å². The van der Waals surface area contributed by atoms with Crippen LogP contribution in [0.3, 0.4) is 0 Å². The van der Waals surface area contributed by atoms with Crippen LogP contribution in [0.1, 0.15) is 30.5 Å². The van der Waals surface area contributed by atoms with Gasteiger partial charge in [0, 0.05) is 24.2 Å². The third-order valence-electron chi connectivity index (χ3n) is 3.76. The highest BCUT2D eigenvalue weighted by Crippen LogP contribution is 2.20. The smallest absolute Gasteiger partial charge is 0.271 e. The van der Waals surface area contributed by atoms with Crippen LogP contribution in [0.15, 0.2) is 29.1 Å². The molecule has 0 bridgehead atoms. The predicted molar refractivity (Wildman–Crippen MR) is 91.0 cm³/mol. The summed E-state index contributed by atoms with van der Waals surface area (Å²) in [6.45, 7) is 9.56. The van der Waals surface area contributed by atoms with E-state index in [1.54, 1.807) is 4.68 Å². The van der Waals surface area contributed by atoms with E-state index in [0.717, 1.165) is 16.8 Å². The molecule has 22 heavy (non-hydrogen) atoms. The molecule has 4 heteroatoms. The monoisotopic (exact) mass is 299 g/mol. The molecule has 1 aromatic carbocycles. The summed E-state index contributed by atoms with van der Waals surface area (Å²) in [5.74, 6) is 0.377. The normalized spacial score (nSPS) is 11.2. The minimum absolute atomic E-state index is 0.00404. The molecule has 0 saturated heterocycles. The van der Waals surface area contributed by atoms with Crippen molar-refractivity contribution < 1.29 is 0 Å². The number of hydrogen-bond acceptors (Lipinski definition) is 3. The van der Waals surface area contributed by atoms with Crippen LogP contribution in [0.25, 0.3) is 11.3 Å². The van der Waals surface area contributed by atoms with Gasteiger partial charge in [-0.3, -0.25) is 4.79 Å². The third kappa shape index (κ3) is 3.63. The molecule has 0 fully saturated rings. The second-order valence-corrected chi connectivity index (χ2v) is 6.27. The lowest BCUT2D eigenvalue weighted by Gasteiger charge is -2.13. The van der Waals surface area contributed by atoms with Gasteiger partial charge in [-0.15, -0.1) is 0 Å². The number of aromatic nitrogens is 2. The molecule has 0 saturated carbocycles. The molecule has 4 nitrogen and oxygen atoms in total. The highest BCUT2D eigenvalue weighted by molar-refractivity contribution is 5.61. The van der Waals surface area contributed by atoms with Crippen molar-refractivity contribution in [2.24, 2.45) is 5.92 Å². The van der Waals surface area contributed by atoms with Crippen LogP contribution >= 0.6 is 0 Å². The number of hydrogen-bond donors (Lipinski definition) is 1. The van der Waals surface area contributed by atoms with Crippen molar-refractivity contribution in [3.63, 3.8) is 0 Å². The molecule has 0 aliphatic heterocycles. The Bertz CT molecular complexity index is 717. The molecular formula is C18H25N3O. The largest absolute Gasteiger partial charge is 0.315 e. The Kier molecular flexibility index (Phi) is 5.14. The maximum atomic E-state index is 12.5. The zero-order valence-corrected chi connectivity index (χ0v) is 14.1.